The number of imide groups is 1. The van der Waals surface area contributed by atoms with Crippen LogP contribution in [0.15, 0.2) is 30.3 Å². The minimum atomic E-state index is -1.12. The van der Waals surface area contributed by atoms with E-state index in [4.69, 9.17) is 4.74 Å². The van der Waals surface area contributed by atoms with Gasteiger partial charge in [0.25, 0.3) is 11.8 Å². The fourth-order valence-corrected chi connectivity index (χ4v) is 4.34. The first-order chi connectivity index (χ1) is 14.4. The third-order valence-electron chi connectivity index (χ3n) is 6.30. The highest BCUT2D eigenvalue weighted by molar-refractivity contribution is 6.09. The molecule has 8 nitrogen and oxygen atoms in total. The topological polar surface area (TPSA) is 105 Å². The molecular formula is C22H27N3O5. The number of urea groups is 1. The molecule has 0 unspecified atom stereocenters. The van der Waals surface area contributed by atoms with Gasteiger partial charge in [0.1, 0.15) is 12.1 Å². The minimum Gasteiger partial charge on any atom is -0.446 e. The molecule has 8 heteroatoms. The molecule has 4 rings (SSSR count). The van der Waals surface area contributed by atoms with E-state index in [0.29, 0.717) is 12.0 Å². The van der Waals surface area contributed by atoms with Gasteiger partial charge in [-0.05, 0) is 31.6 Å². The lowest BCUT2D eigenvalue weighted by atomic mass is 9.73. The van der Waals surface area contributed by atoms with Gasteiger partial charge < -0.3 is 15.4 Å². The number of esters is 1. The normalized spacial score (nSPS) is 27.0. The number of ether oxygens (including phenoxy) is 1. The van der Waals surface area contributed by atoms with Crippen molar-refractivity contribution in [1.29, 1.82) is 0 Å². The lowest BCUT2D eigenvalue weighted by molar-refractivity contribution is -0.158. The number of rotatable bonds is 6. The summed E-state index contributed by atoms with van der Waals surface area (Å²) in [6, 6.07) is 8.26. The maximum absolute atomic E-state index is 13.0. The summed E-state index contributed by atoms with van der Waals surface area (Å²) < 4.78 is 5.46. The van der Waals surface area contributed by atoms with E-state index in [9.17, 15) is 19.2 Å². The molecule has 3 aliphatic rings. The van der Waals surface area contributed by atoms with E-state index in [-0.39, 0.29) is 17.9 Å². The molecule has 1 aliphatic heterocycles. The highest BCUT2D eigenvalue weighted by atomic mass is 16.5. The number of hydrogen-bond acceptors (Lipinski definition) is 5. The van der Waals surface area contributed by atoms with E-state index >= 15 is 0 Å². The maximum atomic E-state index is 13.0. The highest BCUT2D eigenvalue weighted by Gasteiger charge is 2.55. The summed E-state index contributed by atoms with van der Waals surface area (Å²) in [5.41, 5.74) is -0.392. The van der Waals surface area contributed by atoms with Crippen LogP contribution in [0.5, 0.6) is 0 Å². The average Bonchev–Trinajstić information content (AvgIpc) is 3.52. The number of amides is 4. The zero-order chi connectivity index (χ0) is 21.3. The van der Waals surface area contributed by atoms with Crippen LogP contribution in [-0.4, -0.2) is 46.8 Å². The minimum absolute atomic E-state index is 0.00473. The molecule has 2 saturated carbocycles. The second-order valence-electron chi connectivity index (χ2n) is 8.50. The molecule has 30 heavy (non-hydrogen) atoms. The third-order valence-corrected chi connectivity index (χ3v) is 6.30. The smallest absolute Gasteiger partial charge is 0.327 e. The van der Waals surface area contributed by atoms with Crippen molar-refractivity contribution in [2.75, 3.05) is 6.54 Å². The molecule has 1 saturated heterocycles. The Morgan fingerprint density at radius 3 is 2.60 bits per heavy atom. The van der Waals surface area contributed by atoms with E-state index in [1.54, 1.807) is 30.3 Å². The van der Waals surface area contributed by atoms with Gasteiger partial charge in [-0.1, -0.05) is 50.1 Å². The fraction of sp³-hybridized carbons (Fsp3) is 0.545. The van der Waals surface area contributed by atoms with E-state index in [1.165, 1.54) is 0 Å². The average molecular weight is 413 g/mol. The number of carbonyl (C=O) groups excluding carboxylic acids is 4. The zero-order valence-electron chi connectivity index (χ0n) is 17.1. The molecule has 2 aliphatic carbocycles. The molecule has 1 heterocycles. The third kappa shape index (κ3) is 3.91. The first-order valence-corrected chi connectivity index (χ1v) is 10.6. The molecule has 1 aromatic rings. The summed E-state index contributed by atoms with van der Waals surface area (Å²) in [5.74, 6) is -1.56. The molecule has 4 amide bonds. The van der Waals surface area contributed by atoms with Gasteiger partial charge in [0.15, 0.2) is 0 Å². The zero-order valence-corrected chi connectivity index (χ0v) is 17.1. The van der Waals surface area contributed by atoms with Crippen molar-refractivity contribution in [2.45, 2.75) is 63.1 Å². The van der Waals surface area contributed by atoms with Gasteiger partial charge in [-0.25, -0.2) is 4.79 Å². The first-order valence-electron chi connectivity index (χ1n) is 10.6. The molecule has 3 fully saturated rings. The molecule has 3 atom stereocenters. The van der Waals surface area contributed by atoms with Crippen molar-refractivity contribution in [3.05, 3.63) is 35.9 Å². The summed E-state index contributed by atoms with van der Waals surface area (Å²) in [6.07, 6.45) is 3.98. The van der Waals surface area contributed by atoms with Crippen LogP contribution in [0.3, 0.4) is 0 Å². The van der Waals surface area contributed by atoms with Crippen molar-refractivity contribution < 1.29 is 23.9 Å². The maximum Gasteiger partial charge on any atom is 0.327 e. The van der Waals surface area contributed by atoms with Crippen LogP contribution >= 0.6 is 0 Å². The molecule has 2 N–H and O–H groups in total. The predicted molar refractivity (Wildman–Crippen MR) is 107 cm³/mol. The van der Waals surface area contributed by atoms with Crippen LogP contribution in [0.25, 0.3) is 0 Å². The lowest BCUT2D eigenvalue weighted by Crippen LogP contribution is -2.54. The van der Waals surface area contributed by atoms with E-state index in [0.717, 1.165) is 37.0 Å². The van der Waals surface area contributed by atoms with E-state index in [1.807, 2.05) is 6.92 Å². The van der Waals surface area contributed by atoms with Crippen LogP contribution in [0.4, 0.5) is 4.79 Å². The summed E-state index contributed by atoms with van der Waals surface area (Å²) in [4.78, 5) is 51.7. The largest absolute Gasteiger partial charge is 0.446 e. The molecule has 0 radical (unpaired) electrons. The van der Waals surface area contributed by atoms with Crippen LogP contribution < -0.4 is 10.6 Å². The number of benzene rings is 1. The van der Waals surface area contributed by atoms with Crippen LogP contribution in [0, 0.1) is 5.92 Å². The predicted octanol–water partition coefficient (Wildman–Crippen LogP) is 2.05. The van der Waals surface area contributed by atoms with Gasteiger partial charge in [0.2, 0.25) is 6.10 Å². The first kappa shape index (κ1) is 20.4. The molecular weight excluding hydrogens is 386 g/mol. The van der Waals surface area contributed by atoms with Crippen LogP contribution in [-0.2, 0) is 19.1 Å². The Morgan fingerprint density at radius 2 is 1.93 bits per heavy atom. The molecule has 0 bridgehead atoms. The Kier molecular flexibility index (Phi) is 5.49. The Labute approximate surface area is 175 Å². The summed E-state index contributed by atoms with van der Waals surface area (Å²) in [6.45, 7) is 1.44. The summed E-state index contributed by atoms with van der Waals surface area (Å²) in [7, 11) is 0. The van der Waals surface area contributed by atoms with Gasteiger partial charge in [0, 0.05) is 11.6 Å². The van der Waals surface area contributed by atoms with Gasteiger partial charge in [-0.2, -0.15) is 0 Å². The number of nitrogens with one attached hydrogen (secondary N) is 2. The van der Waals surface area contributed by atoms with Crippen LogP contribution in [0.1, 0.15) is 57.1 Å². The Bertz CT molecular complexity index is 854. The van der Waals surface area contributed by atoms with Gasteiger partial charge in [0.05, 0.1) is 0 Å². The van der Waals surface area contributed by atoms with Gasteiger partial charge >= 0.3 is 12.0 Å². The highest BCUT2D eigenvalue weighted by Crippen LogP contribution is 2.38. The van der Waals surface area contributed by atoms with Crippen molar-refractivity contribution in [2.24, 2.45) is 5.92 Å². The molecule has 0 aromatic heterocycles. The second kappa shape index (κ2) is 8.08. The van der Waals surface area contributed by atoms with Gasteiger partial charge in [-0.3, -0.25) is 19.3 Å². The second-order valence-corrected chi connectivity index (χ2v) is 8.50. The van der Waals surface area contributed by atoms with Crippen LogP contribution in [0.2, 0.25) is 0 Å². The standard InChI is InChI=1S/C22H27N3O5/c1-14-7-5-6-12-22(14)20(28)25(21(29)24-22)13-17(26)30-18(15-8-3-2-4-9-15)19(27)23-16-10-11-16/h2-4,8-9,14,16,18H,5-7,10-13H2,1H3,(H,23,27)(H,24,29)/t14-,18-,22+/m0/s1. The number of hydrogen-bond donors (Lipinski definition) is 2. The van der Waals surface area contributed by atoms with E-state index in [2.05, 4.69) is 10.6 Å². The number of carbonyl (C=O) groups is 4. The van der Waals surface area contributed by atoms with Crippen molar-refractivity contribution in [3.8, 4) is 0 Å². The van der Waals surface area contributed by atoms with Crippen molar-refractivity contribution in [3.63, 3.8) is 0 Å². The van der Waals surface area contributed by atoms with Crippen molar-refractivity contribution >= 4 is 23.8 Å². The lowest BCUT2D eigenvalue weighted by Gasteiger charge is -2.36. The Balaban J connectivity index is 1.46. The molecule has 1 spiro atoms. The molecule has 1 aromatic carbocycles. The SMILES string of the molecule is C[C@H]1CCCC[C@@]12NC(=O)N(CC(=O)O[C@H](C(=O)NC1CC1)c1ccccc1)C2=O. The van der Waals surface area contributed by atoms with Crippen molar-refractivity contribution in [1.82, 2.24) is 15.5 Å². The van der Waals surface area contributed by atoms with E-state index < -0.39 is 36.1 Å². The monoisotopic (exact) mass is 413 g/mol. The fourth-order valence-electron chi connectivity index (χ4n) is 4.34. The quantitative estimate of drug-likeness (QED) is 0.549. The molecule has 160 valence electrons. The Morgan fingerprint density at radius 1 is 1.20 bits per heavy atom. The van der Waals surface area contributed by atoms with Gasteiger partial charge in [-0.15, -0.1) is 0 Å². The number of nitrogens with zero attached hydrogens (tertiary/aromatic N) is 1. The summed E-state index contributed by atoms with van der Waals surface area (Å²) >= 11 is 0. The Hall–Kier alpha value is -2.90. The summed E-state index contributed by atoms with van der Waals surface area (Å²) in [5, 5.41) is 5.66.